The molecule has 1 heterocycles. The predicted octanol–water partition coefficient (Wildman–Crippen LogP) is 3.56. The Bertz CT molecular complexity index is 587. The van der Waals surface area contributed by atoms with Gasteiger partial charge in [-0.05, 0) is 45.0 Å². The highest BCUT2D eigenvalue weighted by molar-refractivity contribution is 6.31. The summed E-state index contributed by atoms with van der Waals surface area (Å²) in [5.74, 6) is 0. The SMILES string of the molecule is CCNCc1c(C)nn(-c2cccc(Cl)c2C)c1C. The quantitative estimate of drug-likeness (QED) is 0.926. The van der Waals surface area contributed by atoms with Gasteiger partial charge in [0.25, 0.3) is 0 Å². The molecule has 0 spiro atoms. The molecule has 0 atom stereocenters. The van der Waals surface area contributed by atoms with Crippen molar-refractivity contribution in [2.24, 2.45) is 0 Å². The minimum absolute atomic E-state index is 0.776. The highest BCUT2D eigenvalue weighted by atomic mass is 35.5. The third-order valence-corrected chi connectivity index (χ3v) is 3.87. The summed E-state index contributed by atoms with van der Waals surface area (Å²) in [6, 6.07) is 5.92. The molecule has 0 unspecified atom stereocenters. The molecule has 0 saturated carbocycles. The third kappa shape index (κ3) is 2.67. The lowest BCUT2D eigenvalue weighted by atomic mass is 10.1. The lowest BCUT2D eigenvalue weighted by Crippen LogP contribution is -2.13. The van der Waals surface area contributed by atoms with Gasteiger partial charge < -0.3 is 5.32 Å². The lowest BCUT2D eigenvalue weighted by Gasteiger charge is -2.10. The molecule has 0 fully saturated rings. The molecule has 2 rings (SSSR count). The molecule has 0 radical (unpaired) electrons. The van der Waals surface area contributed by atoms with Gasteiger partial charge in [-0.2, -0.15) is 5.10 Å². The maximum absolute atomic E-state index is 6.19. The van der Waals surface area contributed by atoms with E-state index in [4.69, 9.17) is 11.6 Å². The molecular weight excluding hydrogens is 258 g/mol. The van der Waals surface area contributed by atoms with Gasteiger partial charge >= 0.3 is 0 Å². The van der Waals surface area contributed by atoms with E-state index in [1.165, 1.54) is 11.3 Å². The average molecular weight is 278 g/mol. The smallest absolute Gasteiger partial charge is 0.0692 e. The summed E-state index contributed by atoms with van der Waals surface area (Å²) in [7, 11) is 0. The summed E-state index contributed by atoms with van der Waals surface area (Å²) in [6.45, 7) is 10.1. The molecule has 3 nitrogen and oxygen atoms in total. The van der Waals surface area contributed by atoms with Crippen LogP contribution in [-0.2, 0) is 6.54 Å². The average Bonchev–Trinajstić information content (AvgIpc) is 2.66. The van der Waals surface area contributed by atoms with Gasteiger partial charge in [-0.15, -0.1) is 0 Å². The Kier molecular flexibility index (Phi) is 4.27. The second-order valence-electron chi connectivity index (χ2n) is 4.73. The van der Waals surface area contributed by atoms with Crippen molar-refractivity contribution >= 4 is 11.6 Å². The zero-order valence-corrected chi connectivity index (χ0v) is 12.7. The largest absolute Gasteiger partial charge is 0.313 e. The van der Waals surface area contributed by atoms with E-state index < -0.39 is 0 Å². The Morgan fingerprint density at radius 3 is 2.68 bits per heavy atom. The fraction of sp³-hybridized carbons (Fsp3) is 0.400. The summed E-state index contributed by atoms with van der Waals surface area (Å²) >= 11 is 6.19. The van der Waals surface area contributed by atoms with Crippen molar-refractivity contribution in [2.45, 2.75) is 34.2 Å². The first-order valence-corrected chi connectivity index (χ1v) is 6.95. The Hall–Kier alpha value is -1.32. The Balaban J connectivity index is 2.49. The number of aromatic nitrogens is 2. The molecule has 0 saturated heterocycles. The summed E-state index contributed by atoms with van der Waals surface area (Å²) in [5, 5.41) is 8.79. The van der Waals surface area contributed by atoms with Gasteiger partial charge in [-0.1, -0.05) is 24.6 Å². The van der Waals surface area contributed by atoms with Gasteiger partial charge in [-0.3, -0.25) is 0 Å². The standard InChI is InChI=1S/C15H20ClN3/c1-5-17-9-13-11(3)18-19(12(13)4)15-8-6-7-14(16)10(15)2/h6-8,17H,5,9H2,1-4H3. The number of rotatable bonds is 4. The first kappa shape index (κ1) is 14.1. The van der Waals surface area contributed by atoms with Crippen LogP contribution in [0.25, 0.3) is 5.69 Å². The number of benzene rings is 1. The van der Waals surface area contributed by atoms with E-state index in [0.29, 0.717) is 0 Å². The summed E-state index contributed by atoms with van der Waals surface area (Å²) in [6.07, 6.45) is 0. The van der Waals surface area contributed by atoms with Crippen LogP contribution in [0.3, 0.4) is 0 Å². The second kappa shape index (κ2) is 5.76. The van der Waals surface area contributed by atoms with Crippen LogP contribution in [-0.4, -0.2) is 16.3 Å². The van der Waals surface area contributed by atoms with Crippen molar-refractivity contribution in [1.29, 1.82) is 0 Å². The Labute approximate surface area is 119 Å². The van der Waals surface area contributed by atoms with E-state index in [1.54, 1.807) is 0 Å². The molecule has 0 bridgehead atoms. The predicted molar refractivity (Wildman–Crippen MR) is 80.2 cm³/mol. The molecule has 0 aliphatic rings. The van der Waals surface area contributed by atoms with Crippen LogP contribution in [0.5, 0.6) is 0 Å². The number of hydrogen-bond acceptors (Lipinski definition) is 2. The first-order chi connectivity index (χ1) is 9.06. The zero-order chi connectivity index (χ0) is 14.0. The number of halogens is 1. The van der Waals surface area contributed by atoms with Gasteiger partial charge in [0.15, 0.2) is 0 Å². The van der Waals surface area contributed by atoms with Crippen LogP contribution in [0.2, 0.25) is 5.02 Å². The lowest BCUT2D eigenvalue weighted by molar-refractivity contribution is 0.719. The van der Waals surface area contributed by atoms with E-state index in [2.05, 4.69) is 37.3 Å². The van der Waals surface area contributed by atoms with E-state index in [-0.39, 0.29) is 0 Å². The van der Waals surface area contributed by atoms with E-state index in [1.807, 2.05) is 23.7 Å². The summed E-state index contributed by atoms with van der Waals surface area (Å²) < 4.78 is 1.99. The molecule has 1 aromatic heterocycles. The van der Waals surface area contributed by atoms with Gasteiger partial charge in [0.1, 0.15) is 0 Å². The highest BCUT2D eigenvalue weighted by Crippen LogP contribution is 2.24. The molecule has 1 aromatic carbocycles. The fourth-order valence-corrected chi connectivity index (χ4v) is 2.41. The molecule has 19 heavy (non-hydrogen) atoms. The monoisotopic (exact) mass is 277 g/mol. The van der Waals surface area contributed by atoms with E-state index in [0.717, 1.165) is 35.1 Å². The van der Waals surface area contributed by atoms with Crippen LogP contribution >= 0.6 is 11.6 Å². The minimum Gasteiger partial charge on any atom is -0.313 e. The van der Waals surface area contributed by atoms with Gasteiger partial charge in [-0.25, -0.2) is 4.68 Å². The first-order valence-electron chi connectivity index (χ1n) is 6.57. The number of hydrogen-bond donors (Lipinski definition) is 1. The van der Waals surface area contributed by atoms with E-state index >= 15 is 0 Å². The maximum atomic E-state index is 6.19. The molecule has 0 amide bonds. The summed E-state index contributed by atoms with van der Waals surface area (Å²) in [5.41, 5.74) is 5.61. The van der Waals surface area contributed by atoms with Crippen LogP contribution in [0.15, 0.2) is 18.2 Å². The number of aryl methyl sites for hydroxylation is 1. The minimum atomic E-state index is 0.776. The van der Waals surface area contributed by atoms with Crippen LogP contribution in [0.4, 0.5) is 0 Å². The maximum Gasteiger partial charge on any atom is 0.0692 e. The number of nitrogens with zero attached hydrogens (tertiary/aromatic N) is 2. The van der Waals surface area contributed by atoms with Crippen LogP contribution < -0.4 is 5.32 Å². The molecule has 4 heteroatoms. The molecule has 0 aliphatic heterocycles. The van der Waals surface area contributed by atoms with Crippen LogP contribution in [0.1, 0.15) is 29.4 Å². The molecular formula is C15H20ClN3. The number of nitrogens with one attached hydrogen (secondary N) is 1. The van der Waals surface area contributed by atoms with Crippen molar-refractivity contribution in [3.8, 4) is 5.69 Å². The van der Waals surface area contributed by atoms with Crippen molar-refractivity contribution < 1.29 is 0 Å². The van der Waals surface area contributed by atoms with Crippen LogP contribution in [0, 0.1) is 20.8 Å². The molecule has 2 aromatic rings. The zero-order valence-electron chi connectivity index (χ0n) is 11.9. The Morgan fingerprint density at radius 1 is 1.26 bits per heavy atom. The molecule has 1 N–H and O–H groups in total. The molecule has 0 aliphatic carbocycles. The van der Waals surface area contributed by atoms with Crippen molar-refractivity contribution in [2.75, 3.05) is 6.54 Å². The van der Waals surface area contributed by atoms with Gasteiger partial charge in [0.2, 0.25) is 0 Å². The van der Waals surface area contributed by atoms with Crippen molar-refractivity contribution in [3.05, 3.63) is 45.7 Å². The summed E-state index contributed by atoms with van der Waals surface area (Å²) in [4.78, 5) is 0. The highest BCUT2D eigenvalue weighted by Gasteiger charge is 2.14. The normalized spacial score (nSPS) is 11.0. The topological polar surface area (TPSA) is 29.9 Å². The van der Waals surface area contributed by atoms with Gasteiger partial charge in [0, 0.05) is 22.8 Å². The molecule has 102 valence electrons. The van der Waals surface area contributed by atoms with Crippen molar-refractivity contribution in [3.63, 3.8) is 0 Å². The fourth-order valence-electron chi connectivity index (χ4n) is 2.24. The van der Waals surface area contributed by atoms with Crippen molar-refractivity contribution in [1.82, 2.24) is 15.1 Å². The Morgan fingerprint density at radius 2 is 2.00 bits per heavy atom. The second-order valence-corrected chi connectivity index (χ2v) is 5.13. The third-order valence-electron chi connectivity index (χ3n) is 3.46. The van der Waals surface area contributed by atoms with E-state index in [9.17, 15) is 0 Å². The van der Waals surface area contributed by atoms with Gasteiger partial charge in [0.05, 0.1) is 11.4 Å².